The van der Waals surface area contributed by atoms with E-state index in [1.54, 1.807) is 0 Å². The lowest BCUT2D eigenvalue weighted by atomic mass is 10.0. The zero-order valence-electron chi connectivity index (χ0n) is 13.6. The maximum absolute atomic E-state index is 12.2. The first kappa shape index (κ1) is 17.3. The van der Waals surface area contributed by atoms with Gasteiger partial charge in [-0.3, -0.25) is 9.69 Å². The Hall–Kier alpha value is -2.03. The highest BCUT2D eigenvalue weighted by Gasteiger charge is 2.48. The average molecular weight is 341 g/mol. The summed E-state index contributed by atoms with van der Waals surface area (Å²) >= 11 is 1.21. The third-order valence-corrected chi connectivity index (χ3v) is 4.05. The molecule has 0 saturated carbocycles. The van der Waals surface area contributed by atoms with Crippen molar-refractivity contribution in [3.8, 4) is 0 Å². The lowest BCUT2D eigenvalue weighted by Gasteiger charge is -2.33. The van der Waals surface area contributed by atoms with Gasteiger partial charge in [0.25, 0.3) is 0 Å². The van der Waals surface area contributed by atoms with Gasteiger partial charge in [0.05, 0.1) is 20.0 Å². The summed E-state index contributed by atoms with van der Waals surface area (Å²) in [6.45, 7) is 5.67. The van der Waals surface area contributed by atoms with Crippen LogP contribution in [0.2, 0.25) is 0 Å². The Morgan fingerprint density at radius 2 is 1.96 bits per heavy atom. The van der Waals surface area contributed by atoms with Crippen LogP contribution >= 0.6 is 11.8 Å². The van der Waals surface area contributed by atoms with E-state index in [2.05, 4.69) is 10.3 Å². The van der Waals surface area contributed by atoms with Gasteiger partial charge in [0.15, 0.2) is 11.2 Å². The van der Waals surface area contributed by atoms with E-state index in [0.717, 1.165) is 0 Å². The number of nitrogens with zero attached hydrogens (tertiary/aromatic N) is 2. The summed E-state index contributed by atoms with van der Waals surface area (Å²) in [4.78, 5) is 42.1. The number of fused-ring (bicyclic) bond motifs is 1. The second kappa shape index (κ2) is 6.23. The number of amidine groups is 1. The molecule has 2 heterocycles. The Balaban J connectivity index is 2.62. The number of carbonyl (C=O) groups excluding carboxylic acids is 3. The number of nitrogens with one attached hydrogen (secondary N) is 1. The molecule has 1 fully saturated rings. The highest BCUT2D eigenvalue weighted by Crippen LogP contribution is 2.33. The molecule has 2 aliphatic heterocycles. The Kier molecular flexibility index (Phi) is 4.69. The van der Waals surface area contributed by atoms with Crippen LogP contribution in [-0.4, -0.2) is 59.5 Å². The van der Waals surface area contributed by atoms with Crippen molar-refractivity contribution in [2.45, 2.75) is 32.4 Å². The minimum atomic E-state index is -1.20. The van der Waals surface area contributed by atoms with Gasteiger partial charge < -0.3 is 14.8 Å². The van der Waals surface area contributed by atoms with E-state index in [1.165, 1.54) is 30.9 Å². The number of thioether (sulfide) groups is 1. The Labute approximate surface area is 138 Å². The number of rotatable bonds is 3. The molecular weight excluding hydrogens is 322 g/mol. The molecule has 1 atom stereocenters. The van der Waals surface area contributed by atoms with Gasteiger partial charge in [-0.05, 0) is 20.8 Å². The zero-order chi connectivity index (χ0) is 17.4. The fraction of sp³-hybridized carbons (Fsp3) is 0.571. The third kappa shape index (κ3) is 3.34. The van der Waals surface area contributed by atoms with Crippen molar-refractivity contribution in [2.24, 2.45) is 4.99 Å². The van der Waals surface area contributed by atoms with Gasteiger partial charge in [0.1, 0.15) is 11.4 Å². The van der Waals surface area contributed by atoms with Crippen LogP contribution in [-0.2, 0) is 23.9 Å². The van der Waals surface area contributed by atoms with Crippen LogP contribution in [0, 0.1) is 0 Å². The van der Waals surface area contributed by atoms with Crippen molar-refractivity contribution in [3.05, 3.63) is 11.4 Å². The number of hydrogen-bond donors (Lipinski definition) is 1. The molecule has 1 amide bonds. The van der Waals surface area contributed by atoms with Gasteiger partial charge in [-0.1, -0.05) is 11.8 Å². The summed E-state index contributed by atoms with van der Waals surface area (Å²) in [5.41, 5.74) is -0.441. The molecule has 0 aromatic rings. The summed E-state index contributed by atoms with van der Waals surface area (Å²) in [5.74, 6) is -1.39. The monoisotopic (exact) mass is 341 g/mol. The van der Waals surface area contributed by atoms with E-state index < -0.39 is 23.5 Å². The second-order valence-corrected chi connectivity index (χ2v) is 6.94. The summed E-state index contributed by atoms with van der Waals surface area (Å²) < 4.78 is 9.57. The first-order valence-electron chi connectivity index (χ1n) is 6.91. The SMILES string of the molecule is COC(=O)C1=C(NC(C)(C)C)N=C2SCC(=O)N2C1C(=O)OC. The minimum Gasteiger partial charge on any atom is -0.467 e. The highest BCUT2D eigenvalue weighted by atomic mass is 32.2. The van der Waals surface area contributed by atoms with E-state index >= 15 is 0 Å². The molecule has 0 aromatic carbocycles. The van der Waals surface area contributed by atoms with E-state index in [0.29, 0.717) is 5.17 Å². The third-order valence-electron chi connectivity index (χ3n) is 3.12. The van der Waals surface area contributed by atoms with Crippen LogP contribution in [0.4, 0.5) is 0 Å². The number of esters is 2. The fourth-order valence-corrected chi connectivity index (χ4v) is 3.12. The van der Waals surface area contributed by atoms with E-state index in [1.807, 2.05) is 20.8 Å². The first-order chi connectivity index (χ1) is 10.7. The maximum atomic E-state index is 12.2. The molecule has 0 aliphatic carbocycles. The van der Waals surface area contributed by atoms with Gasteiger partial charge in [0, 0.05) is 5.54 Å². The van der Waals surface area contributed by atoms with Crippen molar-refractivity contribution >= 4 is 34.8 Å². The standard InChI is InChI=1S/C14H19N3O5S/c1-14(2,3)16-10-8(11(19)21-4)9(12(20)22-5)17-7(18)6-23-13(17)15-10/h9,16H,6H2,1-5H3. The predicted molar refractivity (Wildman–Crippen MR) is 84.5 cm³/mol. The number of carbonyl (C=O) groups is 3. The van der Waals surface area contributed by atoms with Crippen molar-refractivity contribution in [1.29, 1.82) is 0 Å². The quantitative estimate of drug-likeness (QED) is 0.735. The largest absolute Gasteiger partial charge is 0.467 e. The molecule has 0 bridgehead atoms. The highest BCUT2D eigenvalue weighted by molar-refractivity contribution is 8.15. The molecule has 0 radical (unpaired) electrons. The molecule has 2 rings (SSSR count). The van der Waals surface area contributed by atoms with Crippen LogP contribution in [0.25, 0.3) is 0 Å². The molecule has 8 nitrogen and oxygen atoms in total. The van der Waals surface area contributed by atoms with Crippen molar-refractivity contribution in [1.82, 2.24) is 10.2 Å². The molecule has 0 aromatic heterocycles. The second-order valence-electron chi connectivity index (χ2n) is 6.00. The van der Waals surface area contributed by atoms with Crippen LogP contribution < -0.4 is 5.32 Å². The van der Waals surface area contributed by atoms with Crippen molar-refractivity contribution < 1.29 is 23.9 Å². The molecule has 2 aliphatic rings. The van der Waals surface area contributed by atoms with Crippen LogP contribution in [0.1, 0.15) is 20.8 Å². The van der Waals surface area contributed by atoms with Crippen LogP contribution in [0.5, 0.6) is 0 Å². The van der Waals surface area contributed by atoms with Gasteiger partial charge >= 0.3 is 11.9 Å². The lowest BCUT2D eigenvalue weighted by molar-refractivity contribution is -0.150. The molecule has 1 N–H and O–H groups in total. The normalized spacial score (nSPS) is 20.9. The molecule has 126 valence electrons. The number of aliphatic imine (C=N–C) groups is 1. The summed E-state index contributed by atoms with van der Waals surface area (Å²) in [6, 6.07) is -1.20. The summed E-state index contributed by atoms with van der Waals surface area (Å²) in [6.07, 6.45) is 0. The van der Waals surface area contributed by atoms with Gasteiger partial charge in [-0.25, -0.2) is 14.6 Å². The number of hydrogen-bond acceptors (Lipinski definition) is 8. The topological polar surface area (TPSA) is 97.3 Å². The Morgan fingerprint density at radius 1 is 1.30 bits per heavy atom. The predicted octanol–water partition coefficient (Wildman–Crippen LogP) is 0.246. The van der Waals surface area contributed by atoms with Gasteiger partial charge in [0.2, 0.25) is 5.91 Å². The average Bonchev–Trinajstić information content (AvgIpc) is 2.83. The zero-order valence-corrected chi connectivity index (χ0v) is 14.4. The van der Waals surface area contributed by atoms with Crippen LogP contribution in [0.15, 0.2) is 16.4 Å². The van der Waals surface area contributed by atoms with Crippen LogP contribution in [0.3, 0.4) is 0 Å². The van der Waals surface area contributed by atoms with Gasteiger partial charge in [-0.2, -0.15) is 0 Å². The number of ether oxygens (including phenoxy) is 2. The number of amides is 1. The number of methoxy groups -OCH3 is 2. The summed E-state index contributed by atoms with van der Waals surface area (Å²) in [5, 5.41) is 3.46. The first-order valence-corrected chi connectivity index (χ1v) is 7.90. The Morgan fingerprint density at radius 3 is 2.48 bits per heavy atom. The maximum Gasteiger partial charge on any atom is 0.340 e. The molecule has 0 spiro atoms. The molecule has 23 heavy (non-hydrogen) atoms. The minimum absolute atomic E-state index is 0.0334. The molecule has 1 saturated heterocycles. The summed E-state index contributed by atoms with van der Waals surface area (Å²) in [7, 11) is 2.41. The lowest BCUT2D eigenvalue weighted by Crippen LogP contribution is -2.52. The smallest absolute Gasteiger partial charge is 0.340 e. The molecule has 9 heteroatoms. The fourth-order valence-electron chi connectivity index (χ4n) is 2.23. The van der Waals surface area contributed by atoms with E-state index in [-0.39, 0.29) is 23.1 Å². The van der Waals surface area contributed by atoms with E-state index in [9.17, 15) is 14.4 Å². The Bertz CT molecular complexity index is 620. The van der Waals surface area contributed by atoms with E-state index in [4.69, 9.17) is 9.47 Å². The van der Waals surface area contributed by atoms with Gasteiger partial charge in [-0.15, -0.1) is 0 Å². The molecule has 1 unspecified atom stereocenters. The molecular formula is C14H19N3O5S. The van der Waals surface area contributed by atoms with Crippen molar-refractivity contribution in [3.63, 3.8) is 0 Å². The van der Waals surface area contributed by atoms with Crippen molar-refractivity contribution in [2.75, 3.05) is 20.0 Å².